The van der Waals surface area contributed by atoms with Crippen molar-refractivity contribution in [1.29, 1.82) is 0 Å². The summed E-state index contributed by atoms with van der Waals surface area (Å²) in [5.74, 6) is 1.90. The van der Waals surface area contributed by atoms with Crippen LogP contribution >= 0.6 is 0 Å². The third kappa shape index (κ3) is 2.35. The maximum atomic E-state index is 10.9. The highest BCUT2D eigenvalue weighted by atomic mass is 16.3. The molecule has 0 heterocycles. The van der Waals surface area contributed by atoms with Crippen molar-refractivity contribution in [3.63, 3.8) is 0 Å². The van der Waals surface area contributed by atoms with E-state index in [1.165, 1.54) is 44.1 Å². The van der Waals surface area contributed by atoms with Gasteiger partial charge >= 0.3 is 0 Å². The van der Waals surface area contributed by atoms with Gasteiger partial charge in [-0.25, -0.2) is 0 Å². The first-order chi connectivity index (χ1) is 13.0. The van der Waals surface area contributed by atoms with E-state index in [4.69, 9.17) is 0 Å². The van der Waals surface area contributed by atoms with E-state index in [0.717, 1.165) is 19.3 Å². The number of hydrogen-bond acceptors (Lipinski definition) is 1. The fourth-order valence-electron chi connectivity index (χ4n) is 9.56. The van der Waals surface area contributed by atoms with Crippen molar-refractivity contribution in [3.8, 4) is 0 Å². The van der Waals surface area contributed by atoms with Gasteiger partial charge in [0.05, 0.1) is 5.60 Å². The molecule has 8 atom stereocenters. The average molecular weight is 383 g/mol. The third-order valence-corrected chi connectivity index (χ3v) is 10.6. The Morgan fingerprint density at radius 2 is 1.57 bits per heavy atom. The summed E-state index contributed by atoms with van der Waals surface area (Å²) in [6, 6.07) is 0. The minimum Gasteiger partial charge on any atom is -0.390 e. The molecule has 1 nitrogen and oxygen atoms in total. The molecular weight excluding hydrogens is 340 g/mol. The van der Waals surface area contributed by atoms with Crippen molar-refractivity contribution in [2.45, 2.75) is 91.1 Å². The fraction of sp³-hybridized carbons (Fsp3) is 0.778. The summed E-state index contributed by atoms with van der Waals surface area (Å²) in [6.07, 6.45) is 15.3. The van der Waals surface area contributed by atoms with E-state index >= 15 is 0 Å². The van der Waals surface area contributed by atoms with Gasteiger partial charge in [0, 0.05) is 0 Å². The second kappa shape index (κ2) is 6.10. The molecule has 156 valence electrons. The van der Waals surface area contributed by atoms with E-state index in [1.54, 1.807) is 0 Å². The van der Waals surface area contributed by atoms with Crippen LogP contribution in [0.1, 0.15) is 85.5 Å². The molecule has 0 radical (unpaired) electrons. The maximum Gasteiger partial charge on any atom is 0.0625 e. The molecule has 0 bridgehead atoms. The molecule has 4 rings (SSSR count). The van der Waals surface area contributed by atoms with E-state index in [0.29, 0.717) is 17.8 Å². The van der Waals surface area contributed by atoms with Crippen LogP contribution in [-0.4, -0.2) is 10.7 Å². The predicted molar refractivity (Wildman–Crippen MR) is 119 cm³/mol. The molecule has 1 N–H and O–H groups in total. The van der Waals surface area contributed by atoms with E-state index < -0.39 is 5.60 Å². The van der Waals surface area contributed by atoms with Gasteiger partial charge in [-0.3, -0.25) is 0 Å². The van der Waals surface area contributed by atoms with Crippen LogP contribution in [0, 0.1) is 39.4 Å². The molecule has 0 saturated heterocycles. The first-order valence-corrected chi connectivity index (χ1v) is 11.7. The minimum atomic E-state index is -0.502. The van der Waals surface area contributed by atoms with Crippen LogP contribution in [0.4, 0.5) is 0 Å². The van der Waals surface area contributed by atoms with Gasteiger partial charge in [-0.1, -0.05) is 38.2 Å². The number of hydrogen-bond donors (Lipinski definition) is 1. The third-order valence-electron chi connectivity index (χ3n) is 10.6. The molecule has 0 unspecified atom stereocenters. The Morgan fingerprint density at radius 3 is 2.18 bits per heavy atom. The Bertz CT molecular complexity index is 703. The highest BCUT2D eigenvalue weighted by Gasteiger charge is 2.70. The summed E-state index contributed by atoms with van der Waals surface area (Å²) in [4.78, 5) is 0. The largest absolute Gasteiger partial charge is 0.390 e. The summed E-state index contributed by atoms with van der Waals surface area (Å²) in [6.45, 7) is 22.6. The molecule has 1 heteroatoms. The molecule has 0 aliphatic heterocycles. The quantitative estimate of drug-likeness (QED) is 0.517. The van der Waals surface area contributed by atoms with E-state index in [1.807, 2.05) is 0 Å². The Balaban J connectivity index is 1.81. The van der Waals surface area contributed by atoms with Crippen molar-refractivity contribution < 1.29 is 5.11 Å². The summed E-state index contributed by atoms with van der Waals surface area (Å²) in [5, 5.41) is 10.9. The number of fused-ring (bicyclic) bond motifs is 5. The zero-order valence-electron chi connectivity index (χ0n) is 18.8. The van der Waals surface area contributed by atoms with E-state index in [2.05, 4.69) is 59.6 Å². The van der Waals surface area contributed by atoms with Gasteiger partial charge < -0.3 is 5.11 Å². The molecule has 0 aromatic carbocycles. The molecule has 4 saturated carbocycles. The van der Waals surface area contributed by atoms with Gasteiger partial charge in [0.25, 0.3) is 0 Å². The summed E-state index contributed by atoms with van der Waals surface area (Å²) < 4.78 is 0. The lowest BCUT2D eigenvalue weighted by atomic mass is 9.35. The molecule has 4 aliphatic rings. The van der Waals surface area contributed by atoms with Gasteiger partial charge in [0.15, 0.2) is 0 Å². The van der Waals surface area contributed by atoms with Crippen LogP contribution in [0.5, 0.6) is 0 Å². The molecule has 0 spiro atoms. The molecule has 4 fully saturated rings. The standard InChI is InChI=1S/C27H42O/c1-8-26-17-16-25(7)20(19(3)4)10-15-27(25,9-2)22(26)11-13-23(5)18-24(6,28)14-12-21(23)26/h8-9,20-22,28H,1-3,10-18H2,4-7H3/t20-,21+,22-,23-,24-,25-,26-,27+/m1/s1. The number of aliphatic hydroxyl groups is 1. The van der Waals surface area contributed by atoms with Crippen molar-refractivity contribution in [3.05, 3.63) is 37.5 Å². The smallest absolute Gasteiger partial charge is 0.0625 e. The van der Waals surface area contributed by atoms with Gasteiger partial charge in [0.2, 0.25) is 0 Å². The van der Waals surface area contributed by atoms with Gasteiger partial charge in [-0.2, -0.15) is 0 Å². The molecule has 0 amide bonds. The Hall–Kier alpha value is -0.820. The molecule has 0 aromatic rings. The summed E-state index contributed by atoms with van der Waals surface area (Å²) in [7, 11) is 0. The maximum absolute atomic E-state index is 10.9. The van der Waals surface area contributed by atoms with Crippen LogP contribution in [0.15, 0.2) is 37.5 Å². The highest BCUT2D eigenvalue weighted by Crippen LogP contribution is 2.77. The van der Waals surface area contributed by atoms with Crippen LogP contribution in [-0.2, 0) is 0 Å². The van der Waals surface area contributed by atoms with Crippen molar-refractivity contribution in [2.75, 3.05) is 0 Å². The zero-order chi connectivity index (χ0) is 20.6. The molecule has 0 aromatic heterocycles. The molecular formula is C27H42O. The van der Waals surface area contributed by atoms with Gasteiger partial charge in [-0.05, 0) is 111 Å². The van der Waals surface area contributed by atoms with Crippen LogP contribution in [0.3, 0.4) is 0 Å². The van der Waals surface area contributed by atoms with Crippen molar-refractivity contribution in [1.82, 2.24) is 0 Å². The number of allylic oxidation sites excluding steroid dienone is 3. The lowest BCUT2D eigenvalue weighted by Gasteiger charge is -2.69. The Morgan fingerprint density at radius 1 is 0.893 bits per heavy atom. The lowest BCUT2D eigenvalue weighted by molar-refractivity contribution is -0.186. The van der Waals surface area contributed by atoms with E-state index in [9.17, 15) is 5.11 Å². The molecule has 4 aliphatic carbocycles. The average Bonchev–Trinajstić information content (AvgIpc) is 2.93. The SMILES string of the molecule is C=C[C@]12CC[C@]3(C)[C@@H](C(=C)C)CC[C@@]3(C=C)[C@@H]1CC[C@]1(C)C[C@](C)(O)CC[C@@H]12. The van der Waals surface area contributed by atoms with Crippen LogP contribution < -0.4 is 0 Å². The van der Waals surface area contributed by atoms with Gasteiger partial charge in [0.1, 0.15) is 0 Å². The summed E-state index contributed by atoms with van der Waals surface area (Å²) in [5.41, 5.74) is 1.77. The first kappa shape index (κ1) is 20.5. The van der Waals surface area contributed by atoms with Crippen LogP contribution in [0.25, 0.3) is 0 Å². The second-order valence-electron chi connectivity index (χ2n) is 11.9. The highest BCUT2D eigenvalue weighted by molar-refractivity contribution is 5.29. The molecule has 28 heavy (non-hydrogen) atoms. The lowest BCUT2D eigenvalue weighted by Crippen LogP contribution is -2.62. The number of rotatable bonds is 3. The second-order valence-corrected chi connectivity index (χ2v) is 11.9. The Labute approximate surface area is 173 Å². The topological polar surface area (TPSA) is 20.2 Å². The Kier molecular flexibility index (Phi) is 4.45. The summed E-state index contributed by atoms with van der Waals surface area (Å²) >= 11 is 0. The predicted octanol–water partition coefficient (Wildman–Crippen LogP) is 7.08. The zero-order valence-corrected chi connectivity index (χ0v) is 18.8. The monoisotopic (exact) mass is 382 g/mol. The van der Waals surface area contributed by atoms with Crippen molar-refractivity contribution in [2.24, 2.45) is 39.4 Å². The van der Waals surface area contributed by atoms with E-state index in [-0.39, 0.29) is 21.7 Å². The van der Waals surface area contributed by atoms with Gasteiger partial charge in [-0.15, -0.1) is 13.2 Å². The first-order valence-electron chi connectivity index (χ1n) is 11.7. The normalized spacial score (nSPS) is 55.5. The minimum absolute atomic E-state index is 0.196. The van der Waals surface area contributed by atoms with Crippen LogP contribution in [0.2, 0.25) is 0 Å². The van der Waals surface area contributed by atoms with Crippen molar-refractivity contribution >= 4 is 0 Å². The fourth-order valence-corrected chi connectivity index (χ4v) is 9.56.